The highest BCUT2D eigenvalue weighted by molar-refractivity contribution is 5.77. The van der Waals surface area contributed by atoms with Crippen LogP contribution in [0, 0.1) is 0 Å². The molecule has 0 saturated carbocycles. The highest BCUT2D eigenvalue weighted by Crippen LogP contribution is 2.03. The Labute approximate surface area is 118 Å². The van der Waals surface area contributed by atoms with Crippen molar-refractivity contribution in [2.75, 3.05) is 13.6 Å². The van der Waals surface area contributed by atoms with Crippen molar-refractivity contribution in [1.82, 2.24) is 25.4 Å². The maximum absolute atomic E-state index is 11.4. The first-order valence-electron chi connectivity index (χ1n) is 6.61. The minimum absolute atomic E-state index is 0.0508. The van der Waals surface area contributed by atoms with Gasteiger partial charge in [-0.3, -0.25) is 4.79 Å². The molecule has 0 aliphatic heterocycles. The van der Waals surface area contributed by atoms with E-state index < -0.39 is 0 Å². The van der Waals surface area contributed by atoms with Crippen molar-refractivity contribution in [3.63, 3.8) is 0 Å². The van der Waals surface area contributed by atoms with Gasteiger partial charge >= 0.3 is 0 Å². The summed E-state index contributed by atoms with van der Waals surface area (Å²) in [5.74, 6) is 0.718. The van der Waals surface area contributed by atoms with Gasteiger partial charge in [-0.05, 0) is 19.0 Å². The van der Waals surface area contributed by atoms with Crippen molar-refractivity contribution >= 4 is 5.91 Å². The van der Waals surface area contributed by atoms with Crippen molar-refractivity contribution < 1.29 is 4.79 Å². The van der Waals surface area contributed by atoms with Crippen LogP contribution in [-0.2, 0) is 24.3 Å². The largest absolute Gasteiger partial charge is 0.348 e. The molecule has 6 nitrogen and oxygen atoms in total. The molecule has 0 saturated heterocycles. The molecule has 0 radical (unpaired) electrons. The first kappa shape index (κ1) is 14.2. The van der Waals surface area contributed by atoms with Crippen LogP contribution in [0.25, 0.3) is 0 Å². The lowest BCUT2D eigenvalue weighted by Crippen LogP contribution is -2.32. The minimum Gasteiger partial charge on any atom is -0.348 e. The number of likely N-dealkylation sites (N-methyl/N-ethyl adjacent to an activating group) is 1. The topological polar surface area (TPSA) is 71.8 Å². The predicted molar refractivity (Wildman–Crippen MR) is 75.9 cm³/mol. The third kappa shape index (κ3) is 4.17. The molecule has 0 aliphatic rings. The second-order valence-electron chi connectivity index (χ2n) is 4.48. The summed E-state index contributed by atoms with van der Waals surface area (Å²) in [5.41, 5.74) is 1.27. The second-order valence-corrected chi connectivity index (χ2v) is 4.48. The zero-order chi connectivity index (χ0) is 14.2. The molecular weight excluding hydrogens is 254 g/mol. The highest BCUT2D eigenvalue weighted by atomic mass is 16.1. The number of hydrogen-bond donors (Lipinski definition) is 2. The van der Waals surface area contributed by atoms with E-state index in [1.165, 1.54) is 5.56 Å². The molecule has 1 heterocycles. The van der Waals surface area contributed by atoms with Crippen LogP contribution in [0.15, 0.2) is 36.7 Å². The Balaban J connectivity index is 1.87. The lowest BCUT2D eigenvalue weighted by atomic mass is 10.1. The van der Waals surface area contributed by atoms with Gasteiger partial charge in [0.25, 0.3) is 0 Å². The predicted octanol–water partition coefficient (Wildman–Crippen LogP) is 0.356. The molecule has 2 N–H and O–H groups in total. The van der Waals surface area contributed by atoms with Gasteiger partial charge in [0.05, 0.1) is 13.1 Å². The van der Waals surface area contributed by atoms with E-state index in [1.807, 2.05) is 22.8 Å². The standard InChI is InChI=1S/C14H19N5O/c1-15-10-14(20)16-9-13-18-17-11-19(13)8-7-12-5-3-2-4-6-12/h2-6,11,15H,7-10H2,1H3,(H,16,20). The molecule has 1 aromatic carbocycles. The highest BCUT2D eigenvalue weighted by Gasteiger charge is 2.06. The molecule has 6 heteroatoms. The number of aromatic nitrogens is 3. The second kappa shape index (κ2) is 7.40. The Morgan fingerprint density at radius 1 is 1.30 bits per heavy atom. The molecule has 0 aliphatic carbocycles. The number of aryl methyl sites for hydroxylation is 2. The Morgan fingerprint density at radius 2 is 2.10 bits per heavy atom. The summed E-state index contributed by atoms with van der Waals surface area (Å²) in [6, 6.07) is 10.3. The SMILES string of the molecule is CNCC(=O)NCc1nncn1CCc1ccccc1. The fourth-order valence-electron chi connectivity index (χ4n) is 1.90. The summed E-state index contributed by atoms with van der Waals surface area (Å²) in [6.07, 6.45) is 2.61. The molecule has 20 heavy (non-hydrogen) atoms. The molecular formula is C14H19N5O. The van der Waals surface area contributed by atoms with Gasteiger partial charge in [-0.2, -0.15) is 0 Å². The van der Waals surface area contributed by atoms with Gasteiger partial charge in [0, 0.05) is 6.54 Å². The number of nitrogens with zero attached hydrogens (tertiary/aromatic N) is 3. The van der Waals surface area contributed by atoms with Crippen LogP contribution >= 0.6 is 0 Å². The molecule has 0 fully saturated rings. The monoisotopic (exact) mass is 273 g/mol. The van der Waals surface area contributed by atoms with E-state index in [9.17, 15) is 4.79 Å². The van der Waals surface area contributed by atoms with Gasteiger partial charge in [-0.15, -0.1) is 10.2 Å². The van der Waals surface area contributed by atoms with Gasteiger partial charge in [-0.25, -0.2) is 0 Å². The number of rotatable bonds is 7. The van der Waals surface area contributed by atoms with Crippen LogP contribution in [0.2, 0.25) is 0 Å². The van der Waals surface area contributed by atoms with Gasteiger partial charge in [0.2, 0.25) is 5.91 Å². The fraction of sp³-hybridized carbons (Fsp3) is 0.357. The van der Waals surface area contributed by atoms with E-state index in [-0.39, 0.29) is 5.91 Å². The average molecular weight is 273 g/mol. The number of hydrogen-bond acceptors (Lipinski definition) is 4. The summed E-state index contributed by atoms with van der Waals surface area (Å²) in [5, 5.41) is 13.5. The van der Waals surface area contributed by atoms with Crippen LogP contribution in [0.5, 0.6) is 0 Å². The normalized spacial score (nSPS) is 10.4. The van der Waals surface area contributed by atoms with Crippen LogP contribution in [0.1, 0.15) is 11.4 Å². The zero-order valence-corrected chi connectivity index (χ0v) is 11.5. The van der Waals surface area contributed by atoms with E-state index in [2.05, 4.69) is 33.0 Å². The maximum Gasteiger partial charge on any atom is 0.234 e. The third-order valence-corrected chi connectivity index (χ3v) is 2.96. The van der Waals surface area contributed by atoms with Crippen LogP contribution < -0.4 is 10.6 Å². The van der Waals surface area contributed by atoms with E-state index in [1.54, 1.807) is 13.4 Å². The summed E-state index contributed by atoms with van der Waals surface area (Å²) in [4.78, 5) is 11.4. The van der Waals surface area contributed by atoms with Gasteiger partial charge in [-0.1, -0.05) is 30.3 Å². The summed E-state index contributed by atoms with van der Waals surface area (Å²) in [7, 11) is 1.74. The molecule has 0 atom stereocenters. The molecule has 106 valence electrons. The Morgan fingerprint density at radius 3 is 2.85 bits per heavy atom. The van der Waals surface area contributed by atoms with E-state index in [0.717, 1.165) is 18.8 Å². The summed E-state index contributed by atoms with van der Waals surface area (Å²) < 4.78 is 1.96. The fourth-order valence-corrected chi connectivity index (χ4v) is 1.90. The molecule has 1 aromatic heterocycles. The average Bonchev–Trinajstić information content (AvgIpc) is 2.92. The van der Waals surface area contributed by atoms with Crippen LogP contribution in [0.4, 0.5) is 0 Å². The van der Waals surface area contributed by atoms with E-state index >= 15 is 0 Å². The van der Waals surface area contributed by atoms with Crippen molar-refractivity contribution in [2.45, 2.75) is 19.5 Å². The van der Waals surface area contributed by atoms with Gasteiger partial charge in [0.1, 0.15) is 6.33 Å². The Bertz CT molecular complexity index is 538. The van der Waals surface area contributed by atoms with Crippen molar-refractivity contribution in [1.29, 1.82) is 0 Å². The lowest BCUT2D eigenvalue weighted by Gasteiger charge is -2.08. The first-order chi connectivity index (χ1) is 9.79. The van der Waals surface area contributed by atoms with Crippen molar-refractivity contribution in [3.8, 4) is 0 Å². The van der Waals surface area contributed by atoms with E-state index in [0.29, 0.717) is 13.1 Å². The maximum atomic E-state index is 11.4. The van der Waals surface area contributed by atoms with Gasteiger partial charge < -0.3 is 15.2 Å². The summed E-state index contributed by atoms with van der Waals surface area (Å²) >= 11 is 0. The van der Waals surface area contributed by atoms with Crippen molar-refractivity contribution in [3.05, 3.63) is 48.0 Å². The molecule has 1 amide bonds. The molecule has 0 spiro atoms. The number of carbonyl (C=O) groups excluding carboxylic acids is 1. The number of amides is 1. The van der Waals surface area contributed by atoms with Crippen molar-refractivity contribution in [2.24, 2.45) is 0 Å². The number of benzene rings is 1. The van der Waals surface area contributed by atoms with Crippen LogP contribution in [0.3, 0.4) is 0 Å². The smallest absolute Gasteiger partial charge is 0.234 e. The van der Waals surface area contributed by atoms with E-state index in [4.69, 9.17) is 0 Å². The minimum atomic E-state index is -0.0508. The number of nitrogens with one attached hydrogen (secondary N) is 2. The molecule has 2 rings (SSSR count). The first-order valence-corrected chi connectivity index (χ1v) is 6.61. The number of carbonyl (C=O) groups is 1. The van der Waals surface area contributed by atoms with Crippen LogP contribution in [-0.4, -0.2) is 34.3 Å². The molecule has 0 unspecified atom stereocenters. The molecule has 0 bridgehead atoms. The van der Waals surface area contributed by atoms with Gasteiger partial charge in [0.15, 0.2) is 5.82 Å². The zero-order valence-electron chi connectivity index (χ0n) is 11.5. The summed E-state index contributed by atoms with van der Waals surface area (Å²) in [6.45, 7) is 1.50. The quantitative estimate of drug-likeness (QED) is 0.764. The molecule has 2 aromatic rings. The Hall–Kier alpha value is -2.21. The Kier molecular flexibility index (Phi) is 5.25. The lowest BCUT2D eigenvalue weighted by molar-refractivity contribution is -0.120. The third-order valence-electron chi connectivity index (χ3n) is 2.96.